The highest BCUT2D eigenvalue weighted by atomic mass is 32.2. The molecule has 46 heavy (non-hydrogen) atoms. The van der Waals surface area contributed by atoms with Crippen LogP contribution in [0.1, 0.15) is 63.2 Å². The summed E-state index contributed by atoms with van der Waals surface area (Å²) in [6.07, 6.45) is 6.31. The van der Waals surface area contributed by atoms with Gasteiger partial charge in [0.05, 0.1) is 25.3 Å². The number of nitrogens with zero attached hydrogens (tertiary/aromatic N) is 1. The lowest BCUT2D eigenvalue weighted by molar-refractivity contribution is -0.142. The van der Waals surface area contributed by atoms with Crippen molar-refractivity contribution in [3.63, 3.8) is 0 Å². The summed E-state index contributed by atoms with van der Waals surface area (Å²) < 4.78 is 31.6. The van der Waals surface area contributed by atoms with Crippen molar-refractivity contribution in [2.45, 2.75) is 95.2 Å². The van der Waals surface area contributed by atoms with E-state index in [4.69, 9.17) is 4.43 Å². The Labute approximate surface area is 272 Å². The molecule has 2 aromatic carbocycles. The van der Waals surface area contributed by atoms with Gasteiger partial charge in [0.15, 0.2) is 8.32 Å². The highest BCUT2D eigenvalue weighted by molar-refractivity contribution is 7.89. The van der Waals surface area contributed by atoms with Crippen molar-refractivity contribution in [3.8, 4) is 0 Å². The summed E-state index contributed by atoms with van der Waals surface area (Å²) in [5.41, 5.74) is 0.432. The Kier molecular flexibility index (Phi) is 10.8. The second kappa shape index (κ2) is 14.1. The van der Waals surface area contributed by atoms with Crippen molar-refractivity contribution >= 4 is 52.7 Å². The van der Waals surface area contributed by atoms with Crippen LogP contribution in [0.4, 0.5) is 0 Å². The topological polar surface area (TPSA) is 151 Å². The Morgan fingerprint density at radius 2 is 1.70 bits per heavy atom. The molecular formula is C33H46N4O7SSi. The molecule has 0 bridgehead atoms. The van der Waals surface area contributed by atoms with Crippen LogP contribution in [-0.4, -0.2) is 82.3 Å². The number of benzene rings is 2. The largest absolute Gasteiger partial charge is 0.415 e. The van der Waals surface area contributed by atoms with E-state index < -0.39 is 48.3 Å². The van der Waals surface area contributed by atoms with Crippen molar-refractivity contribution in [3.05, 3.63) is 60.2 Å². The van der Waals surface area contributed by atoms with Gasteiger partial charge in [0, 0.05) is 11.6 Å². The summed E-state index contributed by atoms with van der Waals surface area (Å²) in [6.45, 7) is 10.3. The molecule has 250 valence electrons. The van der Waals surface area contributed by atoms with Crippen molar-refractivity contribution in [1.29, 1.82) is 0 Å². The SMILES string of the molecule is CC(C)(C)[Si](C)(C)OCC(CC(=O)NS(C)(=O)=O)NC(=O)C1CCC2CC=CCC(NC(=O)c3ccc4ccccc4c3)C(=O)N21. The van der Waals surface area contributed by atoms with Crippen molar-refractivity contribution in [2.24, 2.45) is 0 Å². The molecule has 4 rings (SSSR count). The number of carbonyl (C=O) groups excluding carboxylic acids is 4. The first-order chi connectivity index (χ1) is 21.4. The third kappa shape index (κ3) is 8.83. The zero-order chi connectivity index (χ0) is 33.9. The smallest absolute Gasteiger partial charge is 0.251 e. The first-order valence-corrected chi connectivity index (χ1v) is 20.5. The van der Waals surface area contributed by atoms with E-state index in [1.807, 2.05) is 60.3 Å². The van der Waals surface area contributed by atoms with E-state index in [1.54, 1.807) is 17.0 Å². The lowest BCUT2D eigenvalue weighted by Gasteiger charge is -2.38. The maximum absolute atomic E-state index is 14.0. The number of amides is 4. The van der Waals surface area contributed by atoms with Gasteiger partial charge in [-0.25, -0.2) is 8.42 Å². The lowest BCUT2D eigenvalue weighted by atomic mass is 10.0. The van der Waals surface area contributed by atoms with Gasteiger partial charge in [0.25, 0.3) is 5.91 Å². The normalized spacial score (nSPS) is 21.2. The lowest BCUT2D eigenvalue weighted by Crippen LogP contribution is -2.57. The molecule has 2 aromatic rings. The van der Waals surface area contributed by atoms with Gasteiger partial charge in [0.2, 0.25) is 27.7 Å². The average molecular weight is 671 g/mol. The molecule has 2 aliphatic rings. The average Bonchev–Trinajstić information content (AvgIpc) is 3.38. The number of hydrogen-bond donors (Lipinski definition) is 3. The Balaban J connectivity index is 1.51. The van der Waals surface area contributed by atoms with Gasteiger partial charge in [-0.2, -0.15) is 0 Å². The summed E-state index contributed by atoms with van der Waals surface area (Å²) in [7, 11) is -6.08. The molecule has 13 heteroatoms. The zero-order valence-corrected chi connectivity index (χ0v) is 29.3. The predicted molar refractivity (Wildman–Crippen MR) is 180 cm³/mol. The van der Waals surface area contributed by atoms with E-state index in [-0.39, 0.29) is 42.3 Å². The molecule has 4 atom stereocenters. The Bertz CT molecular complexity index is 1620. The molecule has 1 fully saturated rings. The minimum absolute atomic E-state index is 0.0106. The van der Waals surface area contributed by atoms with E-state index in [1.165, 1.54) is 0 Å². The van der Waals surface area contributed by atoms with Crippen LogP contribution in [0.5, 0.6) is 0 Å². The third-order valence-corrected chi connectivity index (χ3v) is 14.2. The number of sulfonamides is 1. The van der Waals surface area contributed by atoms with Crippen molar-refractivity contribution in [1.82, 2.24) is 20.3 Å². The molecule has 11 nitrogen and oxygen atoms in total. The zero-order valence-electron chi connectivity index (χ0n) is 27.5. The molecule has 3 N–H and O–H groups in total. The molecule has 0 aromatic heterocycles. The van der Waals surface area contributed by atoms with Crippen LogP contribution in [0.15, 0.2) is 54.6 Å². The van der Waals surface area contributed by atoms with E-state index in [2.05, 4.69) is 31.4 Å². The van der Waals surface area contributed by atoms with Gasteiger partial charge in [-0.1, -0.05) is 63.3 Å². The number of carbonyl (C=O) groups is 4. The maximum atomic E-state index is 14.0. The second-order valence-corrected chi connectivity index (χ2v) is 20.4. The molecule has 0 radical (unpaired) electrons. The third-order valence-electron chi connectivity index (χ3n) is 9.15. The molecule has 1 saturated heterocycles. The van der Waals surface area contributed by atoms with Gasteiger partial charge in [0.1, 0.15) is 12.1 Å². The fraction of sp³-hybridized carbons (Fsp3) is 0.515. The van der Waals surface area contributed by atoms with Crippen molar-refractivity contribution < 1.29 is 32.0 Å². The monoisotopic (exact) mass is 670 g/mol. The number of fused-ring (bicyclic) bond motifs is 2. The quantitative estimate of drug-likeness (QED) is 0.258. The molecule has 4 unspecified atom stereocenters. The summed E-state index contributed by atoms with van der Waals surface area (Å²) >= 11 is 0. The first-order valence-electron chi connectivity index (χ1n) is 15.7. The van der Waals surface area contributed by atoms with Crippen LogP contribution in [0, 0.1) is 0 Å². The van der Waals surface area contributed by atoms with E-state index in [0.29, 0.717) is 24.8 Å². The van der Waals surface area contributed by atoms with E-state index in [0.717, 1.165) is 17.0 Å². The summed E-state index contributed by atoms with van der Waals surface area (Å²) in [4.78, 5) is 55.3. The summed E-state index contributed by atoms with van der Waals surface area (Å²) in [5.74, 6) is -1.93. The van der Waals surface area contributed by atoms with Gasteiger partial charge in [-0.15, -0.1) is 0 Å². The van der Waals surface area contributed by atoms with Crippen LogP contribution in [0.25, 0.3) is 10.8 Å². The number of hydrogen-bond acceptors (Lipinski definition) is 7. The van der Waals surface area contributed by atoms with Gasteiger partial charge >= 0.3 is 0 Å². The molecule has 2 heterocycles. The molecule has 0 aliphatic carbocycles. The standard InChI is InChI=1S/C33H46N4O7SSi/c1-33(2,3)46(5,6)44-21-25(20-29(38)36-45(4,42)43)34-31(40)28-18-17-26-13-9-10-14-27(32(41)37(26)28)35-30(39)24-16-15-22-11-7-8-12-23(22)19-24/h7-12,15-16,19,25-28H,13-14,17-18,20-21H2,1-6H3,(H,34,40)(H,35,39)(H,36,38). The van der Waals surface area contributed by atoms with Gasteiger partial charge in [-0.05, 0) is 66.7 Å². The fourth-order valence-corrected chi connectivity index (χ4v) is 7.16. The Morgan fingerprint density at radius 3 is 2.37 bits per heavy atom. The van der Waals surface area contributed by atoms with E-state index in [9.17, 15) is 27.6 Å². The molecule has 4 amide bonds. The van der Waals surface area contributed by atoms with Crippen molar-refractivity contribution in [2.75, 3.05) is 12.9 Å². The van der Waals surface area contributed by atoms with Crippen LogP contribution in [0.2, 0.25) is 18.1 Å². The molecule has 0 saturated carbocycles. The van der Waals surface area contributed by atoms with Crippen LogP contribution in [0.3, 0.4) is 0 Å². The molecular weight excluding hydrogens is 625 g/mol. The molecule has 0 spiro atoms. The van der Waals surface area contributed by atoms with Crippen LogP contribution < -0.4 is 15.4 Å². The van der Waals surface area contributed by atoms with Gasteiger partial charge < -0.3 is 20.0 Å². The highest BCUT2D eigenvalue weighted by Gasteiger charge is 2.44. The summed E-state index contributed by atoms with van der Waals surface area (Å²) in [6, 6.07) is 10.3. The second-order valence-electron chi connectivity index (χ2n) is 13.8. The summed E-state index contributed by atoms with van der Waals surface area (Å²) in [5, 5.41) is 7.56. The Hall–Kier alpha value is -3.55. The predicted octanol–water partition coefficient (Wildman–Crippen LogP) is 3.62. The minimum atomic E-state index is -3.80. The fourth-order valence-electron chi connectivity index (χ4n) is 5.61. The highest BCUT2D eigenvalue weighted by Crippen LogP contribution is 2.36. The first kappa shape index (κ1) is 35.3. The Morgan fingerprint density at radius 1 is 1.02 bits per heavy atom. The maximum Gasteiger partial charge on any atom is 0.251 e. The number of nitrogens with one attached hydrogen (secondary N) is 3. The van der Waals surface area contributed by atoms with Crippen LogP contribution >= 0.6 is 0 Å². The minimum Gasteiger partial charge on any atom is -0.415 e. The number of rotatable bonds is 10. The van der Waals surface area contributed by atoms with E-state index >= 15 is 0 Å². The van der Waals surface area contributed by atoms with Crippen LogP contribution in [-0.2, 0) is 28.8 Å². The molecule has 2 aliphatic heterocycles. The van der Waals surface area contributed by atoms with Gasteiger partial charge in [-0.3, -0.25) is 23.9 Å².